The predicted octanol–water partition coefficient (Wildman–Crippen LogP) is 20.6. The zero-order valence-corrected chi connectivity index (χ0v) is 51.4. The minimum atomic E-state index is -0.174. The lowest BCUT2D eigenvalue weighted by molar-refractivity contribution is 0.590. The van der Waals surface area contributed by atoms with Gasteiger partial charge in [0, 0.05) is 61.8 Å². The van der Waals surface area contributed by atoms with Crippen LogP contribution in [-0.4, -0.2) is 6.71 Å². The summed E-state index contributed by atoms with van der Waals surface area (Å²) in [6, 6.07) is 71.4. The number of anilines is 8. The zero-order chi connectivity index (χ0) is 58.3. The molecule has 0 N–H and O–H groups in total. The highest BCUT2D eigenvalue weighted by molar-refractivity contribution is 7.00. The van der Waals surface area contributed by atoms with Crippen LogP contribution in [0, 0.1) is 0 Å². The number of allylic oxidation sites excluding steroid dienone is 3. The first-order valence-electron chi connectivity index (χ1n) is 30.3. The molecule has 0 spiro atoms. The maximum Gasteiger partial charge on any atom is 0.252 e. The summed E-state index contributed by atoms with van der Waals surface area (Å²) in [5.74, 6) is 0. The number of hydrogen-bond acceptors (Lipinski definition) is 4. The Balaban J connectivity index is 0.00000336. The van der Waals surface area contributed by atoms with Crippen LogP contribution in [0.4, 0.5) is 45.5 Å². The highest BCUT2D eigenvalue weighted by Gasteiger charge is 2.45. The van der Waals surface area contributed by atoms with E-state index >= 15 is 0 Å². The van der Waals surface area contributed by atoms with Crippen LogP contribution in [0.15, 0.2) is 216 Å². The quantitative estimate of drug-likeness (QED) is 0.148. The molecule has 9 aromatic carbocycles. The Bertz CT molecular complexity index is 4150. The molecule has 83 heavy (non-hydrogen) atoms. The topological polar surface area (TPSA) is 22.9 Å². The van der Waals surface area contributed by atoms with Crippen molar-refractivity contribution in [3.63, 3.8) is 0 Å². The Labute approximate surface area is 494 Å². The highest BCUT2D eigenvalue weighted by Crippen LogP contribution is 2.50. The molecule has 10 aromatic rings. The van der Waals surface area contributed by atoms with E-state index in [2.05, 4.69) is 298 Å². The van der Waals surface area contributed by atoms with Crippen molar-refractivity contribution in [3.8, 4) is 22.3 Å². The Morgan fingerprint density at radius 3 is 1.66 bits per heavy atom. The smallest absolute Gasteiger partial charge is 0.252 e. The molecule has 5 heteroatoms. The Kier molecular flexibility index (Phi) is 13.9. The summed E-state index contributed by atoms with van der Waals surface area (Å²) in [4.78, 5) is 7.71. The van der Waals surface area contributed by atoms with Gasteiger partial charge in [0.1, 0.15) is 11.2 Å². The molecule has 3 aliphatic rings. The lowest BCUT2D eigenvalue weighted by Gasteiger charge is -2.45. The molecule has 4 nitrogen and oxygen atoms in total. The minimum Gasteiger partial charge on any atom is -0.456 e. The number of nitrogens with zero attached hydrogens (tertiary/aromatic N) is 3. The summed E-state index contributed by atoms with van der Waals surface area (Å²) in [6.07, 6.45) is 9.12. The maximum absolute atomic E-state index is 6.39. The summed E-state index contributed by atoms with van der Waals surface area (Å²) < 4.78 is 6.39. The van der Waals surface area contributed by atoms with Gasteiger partial charge < -0.3 is 19.1 Å². The van der Waals surface area contributed by atoms with Gasteiger partial charge in [0.2, 0.25) is 0 Å². The third-order valence-electron chi connectivity index (χ3n) is 17.3. The van der Waals surface area contributed by atoms with E-state index in [-0.39, 0.29) is 28.4 Å². The van der Waals surface area contributed by atoms with Crippen LogP contribution >= 0.6 is 0 Å². The van der Waals surface area contributed by atoms with Crippen molar-refractivity contribution in [3.05, 3.63) is 234 Å². The second-order valence-corrected chi connectivity index (χ2v) is 27.0. The summed E-state index contributed by atoms with van der Waals surface area (Å²) in [5.41, 5.74) is 26.0. The van der Waals surface area contributed by atoms with Crippen molar-refractivity contribution >= 4 is 90.5 Å². The molecule has 0 atom stereocenters. The molecule has 0 saturated heterocycles. The standard InChI is InChI=1S/C76H74BN3O.C2H6/c1-73(2,3)51-32-38-57(39-33-51)80-66-48-58(78(55-24-17-14-18-25-55)64-42-34-52(74(4,5)6)44-61(64)49-22-15-13-16-23-49)40-41-62(66)77-63-45-53(75(7,8)9)35-43-65(63)79(67-46-54(76(10,11)12)47-68(80)72(67)77)56-36-30-50(31-37-56)59-27-21-29-70-71(59)60-26-19-20-28-69(60)81-70;1-2/h13,15-17,19-48H,14,18H2,1-12H3;1-2H3. The maximum atomic E-state index is 6.39. The first-order valence-corrected chi connectivity index (χ1v) is 30.3. The van der Waals surface area contributed by atoms with Gasteiger partial charge in [-0.25, -0.2) is 0 Å². The van der Waals surface area contributed by atoms with Crippen LogP contribution in [0.2, 0.25) is 0 Å². The van der Waals surface area contributed by atoms with Gasteiger partial charge in [-0.15, -0.1) is 0 Å². The van der Waals surface area contributed by atoms with Crippen LogP contribution < -0.4 is 31.1 Å². The van der Waals surface area contributed by atoms with Crippen molar-refractivity contribution < 1.29 is 4.42 Å². The molecule has 3 heterocycles. The molecule has 2 aliphatic heterocycles. The van der Waals surface area contributed by atoms with E-state index < -0.39 is 0 Å². The summed E-state index contributed by atoms with van der Waals surface area (Å²) in [6.45, 7) is 31.9. The molecule has 0 saturated carbocycles. The van der Waals surface area contributed by atoms with Crippen molar-refractivity contribution in [1.29, 1.82) is 0 Å². The van der Waals surface area contributed by atoms with Crippen LogP contribution in [0.3, 0.4) is 0 Å². The Morgan fingerprint density at radius 2 is 1.01 bits per heavy atom. The van der Waals surface area contributed by atoms with Gasteiger partial charge in [-0.05, 0) is 175 Å². The van der Waals surface area contributed by atoms with E-state index in [0.717, 1.165) is 63.1 Å². The average Bonchev–Trinajstić information content (AvgIpc) is 1.82. The number of para-hydroxylation sites is 1. The molecule has 13 rings (SSSR count). The predicted molar refractivity (Wildman–Crippen MR) is 360 cm³/mol. The molecule has 0 amide bonds. The number of benzene rings is 9. The average molecular weight is 1090 g/mol. The third-order valence-corrected chi connectivity index (χ3v) is 17.3. The lowest BCUT2D eigenvalue weighted by atomic mass is 9.33. The highest BCUT2D eigenvalue weighted by atomic mass is 16.3. The molecular formula is C78H80BN3O. The van der Waals surface area contributed by atoms with Gasteiger partial charge in [0.15, 0.2) is 0 Å². The molecular weight excluding hydrogens is 1010 g/mol. The molecule has 0 fully saturated rings. The van der Waals surface area contributed by atoms with Crippen LogP contribution in [0.5, 0.6) is 0 Å². The molecule has 416 valence electrons. The fourth-order valence-electron chi connectivity index (χ4n) is 12.7. The van der Waals surface area contributed by atoms with Gasteiger partial charge in [-0.3, -0.25) is 0 Å². The van der Waals surface area contributed by atoms with Gasteiger partial charge in [-0.1, -0.05) is 218 Å². The number of fused-ring (bicyclic) bond motifs is 7. The third kappa shape index (κ3) is 9.90. The van der Waals surface area contributed by atoms with Gasteiger partial charge >= 0.3 is 0 Å². The zero-order valence-electron chi connectivity index (χ0n) is 51.4. The number of furan rings is 1. The van der Waals surface area contributed by atoms with Crippen molar-refractivity contribution in [2.45, 2.75) is 131 Å². The Morgan fingerprint density at radius 1 is 0.434 bits per heavy atom. The number of rotatable bonds is 7. The Hall–Kier alpha value is -8.28. The normalized spacial score (nSPS) is 14.0. The van der Waals surface area contributed by atoms with E-state index in [0.29, 0.717) is 0 Å². The van der Waals surface area contributed by atoms with E-state index in [9.17, 15) is 0 Å². The molecule has 0 radical (unpaired) electrons. The second-order valence-electron chi connectivity index (χ2n) is 27.0. The molecule has 1 aromatic heterocycles. The lowest BCUT2D eigenvalue weighted by Crippen LogP contribution is -2.61. The summed E-state index contributed by atoms with van der Waals surface area (Å²) in [5, 5.41) is 2.28. The monoisotopic (exact) mass is 1090 g/mol. The van der Waals surface area contributed by atoms with E-state index in [1.807, 2.05) is 19.9 Å². The van der Waals surface area contributed by atoms with Crippen molar-refractivity contribution in [1.82, 2.24) is 0 Å². The van der Waals surface area contributed by atoms with Gasteiger partial charge in [-0.2, -0.15) is 0 Å². The van der Waals surface area contributed by atoms with Crippen molar-refractivity contribution in [2.24, 2.45) is 0 Å². The van der Waals surface area contributed by atoms with Gasteiger partial charge in [0.25, 0.3) is 6.71 Å². The summed E-state index contributed by atoms with van der Waals surface area (Å²) >= 11 is 0. The van der Waals surface area contributed by atoms with E-state index in [1.165, 1.54) is 83.8 Å². The first kappa shape index (κ1) is 55.3. The van der Waals surface area contributed by atoms with Crippen LogP contribution in [0.25, 0.3) is 44.2 Å². The van der Waals surface area contributed by atoms with Crippen molar-refractivity contribution in [2.75, 3.05) is 14.7 Å². The van der Waals surface area contributed by atoms with Crippen LogP contribution in [0.1, 0.15) is 132 Å². The van der Waals surface area contributed by atoms with Crippen LogP contribution in [-0.2, 0) is 21.7 Å². The molecule has 0 bridgehead atoms. The fourth-order valence-corrected chi connectivity index (χ4v) is 12.7. The second kappa shape index (κ2) is 20.9. The minimum absolute atomic E-state index is 0.00794. The molecule has 0 unspecified atom stereocenters. The fraction of sp³-hybridized carbons (Fsp3) is 0.256. The first-order chi connectivity index (χ1) is 39.7. The summed E-state index contributed by atoms with van der Waals surface area (Å²) in [7, 11) is 0. The SMILES string of the molecule is CC.CC(C)(C)c1ccc(N2c3cc(N(C4=CCCC=C4)c4ccc(C(C)(C)C)cc4-c4ccccc4)ccc3B3c4cc(C(C)(C)C)ccc4N(c4ccc(-c5cccc6oc7ccccc7c56)cc4)c4cc(C(C)(C)C)cc2c43)cc1. The van der Waals surface area contributed by atoms with E-state index in [4.69, 9.17) is 4.42 Å². The van der Waals surface area contributed by atoms with E-state index in [1.54, 1.807) is 0 Å². The largest absolute Gasteiger partial charge is 0.456 e. The number of hydrogen-bond donors (Lipinski definition) is 0. The van der Waals surface area contributed by atoms with Gasteiger partial charge in [0.05, 0.1) is 5.69 Å². The molecule has 1 aliphatic carbocycles.